The summed E-state index contributed by atoms with van der Waals surface area (Å²) in [6.07, 6.45) is 5.91. The zero-order chi connectivity index (χ0) is 23.0. The molecule has 4 aliphatic rings. The van der Waals surface area contributed by atoms with Crippen LogP contribution >= 0.6 is 11.6 Å². The molecule has 3 aromatic rings. The molecular formula is C25H26ClFN6O. The largest absolute Gasteiger partial charge is 0.493 e. The summed E-state index contributed by atoms with van der Waals surface area (Å²) in [5, 5.41) is 10.1. The predicted octanol–water partition coefficient (Wildman–Crippen LogP) is 4.33. The van der Waals surface area contributed by atoms with Crippen molar-refractivity contribution in [2.45, 2.75) is 50.7 Å². The van der Waals surface area contributed by atoms with Gasteiger partial charge in [0.15, 0.2) is 17.4 Å². The quantitative estimate of drug-likeness (QED) is 0.554. The smallest absolute Gasteiger partial charge is 0.183 e. The summed E-state index contributed by atoms with van der Waals surface area (Å²) < 4.78 is 21.1. The van der Waals surface area contributed by atoms with Gasteiger partial charge in [-0.05, 0) is 49.4 Å². The minimum absolute atomic E-state index is 0.239. The number of hydrogen-bond donors (Lipinski definition) is 0. The summed E-state index contributed by atoms with van der Waals surface area (Å²) in [4.78, 5) is 8.98. The van der Waals surface area contributed by atoms with Crippen molar-refractivity contribution in [2.24, 2.45) is 5.41 Å². The van der Waals surface area contributed by atoms with E-state index >= 15 is 0 Å². The lowest BCUT2D eigenvalue weighted by Gasteiger charge is -2.59. The Balaban J connectivity index is 1.12. The average Bonchev–Trinajstić information content (AvgIpc) is 3.56. The molecule has 9 heteroatoms. The van der Waals surface area contributed by atoms with Crippen LogP contribution in [0.3, 0.4) is 0 Å². The highest BCUT2D eigenvalue weighted by molar-refractivity contribution is 6.30. The highest BCUT2D eigenvalue weighted by Gasteiger charge is 2.54. The maximum absolute atomic E-state index is 13.7. The fourth-order valence-corrected chi connectivity index (χ4v) is 6.30. The third kappa shape index (κ3) is 3.22. The number of anilines is 1. The Labute approximate surface area is 202 Å². The highest BCUT2D eigenvalue weighted by atomic mass is 35.5. The van der Waals surface area contributed by atoms with Gasteiger partial charge in [0.2, 0.25) is 0 Å². The number of pyridine rings is 1. The van der Waals surface area contributed by atoms with E-state index in [1.165, 1.54) is 37.4 Å². The topological polar surface area (TPSA) is 59.3 Å². The van der Waals surface area contributed by atoms with Gasteiger partial charge in [0.05, 0.1) is 25.5 Å². The molecule has 34 heavy (non-hydrogen) atoms. The van der Waals surface area contributed by atoms with Crippen LogP contribution in [0.2, 0.25) is 5.02 Å². The van der Waals surface area contributed by atoms with Gasteiger partial charge in [0.25, 0.3) is 0 Å². The number of fused-ring (bicyclic) bond motifs is 3. The van der Waals surface area contributed by atoms with E-state index in [1.807, 2.05) is 6.07 Å². The molecule has 2 aliphatic carbocycles. The number of rotatable bonds is 4. The van der Waals surface area contributed by atoms with Crippen molar-refractivity contribution in [3.8, 4) is 11.4 Å². The lowest BCUT2D eigenvalue weighted by molar-refractivity contribution is 0.0581. The Morgan fingerprint density at radius 1 is 1.12 bits per heavy atom. The molecule has 0 bridgehead atoms. The van der Waals surface area contributed by atoms with E-state index < -0.39 is 5.82 Å². The van der Waals surface area contributed by atoms with Crippen LogP contribution in [-0.4, -0.2) is 50.9 Å². The van der Waals surface area contributed by atoms with E-state index in [4.69, 9.17) is 21.4 Å². The number of aromatic nitrogens is 4. The lowest BCUT2D eigenvalue weighted by atomic mass is 9.57. The van der Waals surface area contributed by atoms with Gasteiger partial charge in [-0.1, -0.05) is 11.6 Å². The standard InChI is InChI=1S/C25H26ClFN6O/c1-34-21-7-22(28-10-19(21)27)32-13-25(14-32)8-16(9-25)24-30-29-23-12-31(18-3-4-18)11-15-6-17(26)2-5-20(15)33(23)24/h2,5-7,10,16,18H,3-4,8-9,11-14H2,1H3. The number of ether oxygens (including phenoxy) is 1. The molecule has 0 atom stereocenters. The van der Waals surface area contributed by atoms with Crippen molar-refractivity contribution in [3.05, 3.63) is 58.5 Å². The van der Waals surface area contributed by atoms with Crippen LogP contribution in [-0.2, 0) is 13.1 Å². The summed E-state index contributed by atoms with van der Waals surface area (Å²) in [7, 11) is 1.48. The Morgan fingerprint density at radius 3 is 2.71 bits per heavy atom. The Hall–Kier alpha value is -2.71. The van der Waals surface area contributed by atoms with E-state index in [0.29, 0.717) is 12.0 Å². The van der Waals surface area contributed by atoms with E-state index in [-0.39, 0.29) is 11.2 Å². The first-order valence-corrected chi connectivity index (χ1v) is 12.3. The Morgan fingerprint density at radius 2 is 1.94 bits per heavy atom. The second-order valence-corrected chi connectivity index (χ2v) is 10.8. The molecule has 1 aromatic carbocycles. The second kappa shape index (κ2) is 7.39. The maximum Gasteiger partial charge on any atom is 0.183 e. The highest BCUT2D eigenvalue weighted by Crippen LogP contribution is 2.56. The van der Waals surface area contributed by atoms with Gasteiger partial charge in [-0.2, -0.15) is 0 Å². The van der Waals surface area contributed by atoms with Gasteiger partial charge in [0.1, 0.15) is 11.6 Å². The van der Waals surface area contributed by atoms with Crippen LogP contribution in [0.4, 0.5) is 10.2 Å². The van der Waals surface area contributed by atoms with Crippen molar-refractivity contribution in [2.75, 3.05) is 25.1 Å². The monoisotopic (exact) mass is 480 g/mol. The predicted molar refractivity (Wildman–Crippen MR) is 126 cm³/mol. The molecule has 2 aliphatic heterocycles. The first-order valence-electron chi connectivity index (χ1n) is 11.9. The van der Waals surface area contributed by atoms with Crippen molar-refractivity contribution in [3.63, 3.8) is 0 Å². The molecule has 3 fully saturated rings. The van der Waals surface area contributed by atoms with E-state index in [2.05, 4.69) is 36.6 Å². The van der Waals surface area contributed by atoms with E-state index in [0.717, 1.165) is 61.5 Å². The molecule has 7 nitrogen and oxygen atoms in total. The van der Waals surface area contributed by atoms with Gasteiger partial charge >= 0.3 is 0 Å². The first kappa shape index (κ1) is 20.6. The van der Waals surface area contributed by atoms with Crippen molar-refractivity contribution in [1.82, 2.24) is 24.6 Å². The minimum Gasteiger partial charge on any atom is -0.493 e. The minimum atomic E-state index is -0.431. The molecule has 0 radical (unpaired) electrons. The fraction of sp³-hybridized carbons (Fsp3) is 0.480. The maximum atomic E-state index is 13.7. The number of methoxy groups -OCH3 is 1. The van der Waals surface area contributed by atoms with Crippen LogP contribution in [0, 0.1) is 11.2 Å². The van der Waals surface area contributed by atoms with Gasteiger partial charge in [-0.3, -0.25) is 9.47 Å². The molecule has 7 rings (SSSR count). The Bertz CT molecular complexity index is 1280. The second-order valence-electron chi connectivity index (χ2n) is 10.4. The first-order chi connectivity index (χ1) is 16.5. The molecule has 4 heterocycles. The van der Waals surface area contributed by atoms with Crippen molar-refractivity contribution in [1.29, 1.82) is 0 Å². The van der Waals surface area contributed by atoms with Crippen LogP contribution in [0.25, 0.3) is 5.69 Å². The number of benzene rings is 1. The summed E-state index contributed by atoms with van der Waals surface area (Å²) in [6, 6.07) is 8.52. The Kier molecular flexibility index (Phi) is 4.49. The van der Waals surface area contributed by atoms with Crippen molar-refractivity contribution < 1.29 is 9.13 Å². The number of hydrogen-bond acceptors (Lipinski definition) is 6. The van der Waals surface area contributed by atoms with Crippen LogP contribution < -0.4 is 9.64 Å². The van der Waals surface area contributed by atoms with Gasteiger partial charge < -0.3 is 9.64 Å². The zero-order valence-electron chi connectivity index (χ0n) is 19.0. The molecule has 0 N–H and O–H groups in total. The average molecular weight is 481 g/mol. The fourth-order valence-electron chi connectivity index (χ4n) is 6.10. The number of nitrogens with zero attached hydrogens (tertiary/aromatic N) is 6. The van der Waals surface area contributed by atoms with E-state index in [9.17, 15) is 4.39 Å². The molecule has 0 unspecified atom stereocenters. The van der Waals surface area contributed by atoms with Crippen LogP contribution in [0.15, 0.2) is 30.5 Å². The van der Waals surface area contributed by atoms with Gasteiger partial charge in [0, 0.05) is 48.1 Å². The molecule has 1 saturated heterocycles. The van der Waals surface area contributed by atoms with Gasteiger partial charge in [-0.25, -0.2) is 9.37 Å². The van der Waals surface area contributed by atoms with Crippen molar-refractivity contribution >= 4 is 17.4 Å². The molecule has 2 aromatic heterocycles. The molecule has 0 amide bonds. The van der Waals surface area contributed by atoms with Crippen LogP contribution in [0.1, 0.15) is 48.8 Å². The molecule has 176 valence electrons. The van der Waals surface area contributed by atoms with Gasteiger partial charge in [-0.15, -0.1) is 10.2 Å². The molecule has 2 saturated carbocycles. The summed E-state index contributed by atoms with van der Waals surface area (Å²) >= 11 is 6.37. The zero-order valence-corrected chi connectivity index (χ0v) is 19.8. The molecule has 1 spiro atoms. The summed E-state index contributed by atoms with van der Waals surface area (Å²) in [5.41, 5.74) is 2.69. The van der Waals surface area contributed by atoms with E-state index in [1.54, 1.807) is 6.07 Å². The summed E-state index contributed by atoms with van der Waals surface area (Å²) in [6.45, 7) is 3.58. The summed E-state index contributed by atoms with van der Waals surface area (Å²) in [5.74, 6) is 3.07. The van der Waals surface area contributed by atoms with Crippen LogP contribution in [0.5, 0.6) is 5.75 Å². The normalized spacial score (nSPS) is 21.4. The third-order valence-corrected chi connectivity index (χ3v) is 8.18. The SMILES string of the molecule is COc1cc(N2CC3(CC(c4nnc5n4-c4ccc(Cl)cc4CN(C4CC4)C5)C3)C2)ncc1F. The number of halogens is 2. The molecular weight excluding hydrogens is 455 g/mol. The third-order valence-electron chi connectivity index (χ3n) is 7.94. The lowest BCUT2D eigenvalue weighted by Crippen LogP contribution is -2.62.